The zero-order valence-corrected chi connectivity index (χ0v) is 13.9. The van der Waals surface area contributed by atoms with Gasteiger partial charge in [-0.25, -0.2) is 13.2 Å². The molecule has 2 rings (SSSR count). The Hall–Kier alpha value is -2.25. The van der Waals surface area contributed by atoms with Gasteiger partial charge in [-0.05, 0) is 30.3 Å². The van der Waals surface area contributed by atoms with Crippen LogP contribution in [-0.4, -0.2) is 28.6 Å². The average molecular weight is 356 g/mol. The largest absolute Gasteiger partial charge is 0.495 e. The summed E-state index contributed by atoms with van der Waals surface area (Å²) in [6.07, 6.45) is 0. The van der Waals surface area contributed by atoms with Crippen LogP contribution in [0.1, 0.15) is 10.4 Å². The van der Waals surface area contributed by atoms with Crippen LogP contribution in [0.25, 0.3) is 0 Å². The van der Waals surface area contributed by atoms with E-state index < -0.39 is 16.0 Å². The van der Waals surface area contributed by atoms with Crippen LogP contribution in [-0.2, 0) is 14.8 Å². The Balaban J connectivity index is 2.49. The average Bonchev–Trinajstić information content (AvgIpc) is 2.54. The maximum absolute atomic E-state index is 12.6. The molecule has 0 aliphatic carbocycles. The number of carbonyl (C=O) groups excluding carboxylic acids is 1. The van der Waals surface area contributed by atoms with Gasteiger partial charge in [-0.1, -0.05) is 23.7 Å². The minimum atomic E-state index is -4.04. The third-order valence-electron chi connectivity index (χ3n) is 2.99. The topological polar surface area (TPSA) is 81.7 Å². The van der Waals surface area contributed by atoms with Crippen LogP contribution in [0.2, 0.25) is 5.02 Å². The van der Waals surface area contributed by atoms with Crippen molar-refractivity contribution in [3.8, 4) is 5.75 Å². The molecule has 0 atom stereocenters. The number of anilines is 1. The second-order valence-electron chi connectivity index (χ2n) is 4.44. The number of rotatable bonds is 5. The number of sulfonamides is 1. The third kappa shape index (κ3) is 3.75. The normalized spacial score (nSPS) is 10.9. The molecular weight excluding hydrogens is 342 g/mol. The molecule has 0 aliphatic rings. The van der Waals surface area contributed by atoms with Crippen molar-refractivity contribution in [1.29, 1.82) is 0 Å². The van der Waals surface area contributed by atoms with Gasteiger partial charge in [0.2, 0.25) is 0 Å². The molecule has 1 N–H and O–H groups in total. The van der Waals surface area contributed by atoms with E-state index in [1.807, 2.05) is 0 Å². The first-order valence-corrected chi connectivity index (χ1v) is 8.29. The molecule has 0 amide bonds. The number of carbonyl (C=O) groups is 1. The van der Waals surface area contributed by atoms with Crippen LogP contribution in [0.4, 0.5) is 5.69 Å². The van der Waals surface area contributed by atoms with Crippen LogP contribution in [0, 0.1) is 0 Å². The highest BCUT2D eigenvalue weighted by Gasteiger charge is 2.23. The number of nitrogens with one attached hydrogen (secondary N) is 1. The van der Waals surface area contributed by atoms with E-state index >= 15 is 0 Å². The third-order valence-corrected chi connectivity index (χ3v) is 4.65. The molecule has 0 bridgehead atoms. The Morgan fingerprint density at radius 2 is 1.83 bits per heavy atom. The molecule has 0 radical (unpaired) electrons. The highest BCUT2D eigenvalue weighted by Crippen LogP contribution is 2.30. The van der Waals surface area contributed by atoms with Gasteiger partial charge in [0.1, 0.15) is 10.6 Å². The summed E-state index contributed by atoms with van der Waals surface area (Å²) in [5, 5.41) is 0.338. The van der Waals surface area contributed by atoms with Gasteiger partial charge in [-0.2, -0.15) is 0 Å². The predicted molar refractivity (Wildman–Crippen MR) is 86.6 cm³/mol. The van der Waals surface area contributed by atoms with Crippen LogP contribution < -0.4 is 9.46 Å². The second-order valence-corrected chi connectivity index (χ2v) is 6.53. The lowest BCUT2D eigenvalue weighted by atomic mass is 10.2. The SMILES string of the molecule is COC(=O)c1ccccc1S(=O)(=O)Nc1cc(Cl)ccc1OC. The Kier molecular flexibility index (Phi) is 5.12. The van der Waals surface area contributed by atoms with Crippen molar-refractivity contribution in [2.75, 3.05) is 18.9 Å². The zero-order chi connectivity index (χ0) is 17.0. The summed E-state index contributed by atoms with van der Waals surface area (Å²) < 4.78 is 37.3. The predicted octanol–water partition coefficient (Wildman–Crippen LogP) is 2.94. The van der Waals surface area contributed by atoms with Crippen molar-refractivity contribution in [3.63, 3.8) is 0 Å². The maximum Gasteiger partial charge on any atom is 0.339 e. The number of halogens is 1. The molecule has 0 saturated carbocycles. The summed E-state index contributed by atoms with van der Waals surface area (Å²) in [5.41, 5.74) is 0.100. The Labute approximate surface area is 139 Å². The minimum absolute atomic E-state index is 0.0662. The van der Waals surface area contributed by atoms with Gasteiger partial charge in [0.05, 0.1) is 25.5 Å². The van der Waals surface area contributed by atoms with E-state index in [0.717, 1.165) is 0 Å². The van der Waals surface area contributed by atoms with E-state index in [-0.39, 0.29) is 16.1 Å². The molecule has 8 heteroatoms. The Morgan fingerprint density at radius 3 is 2.48 bits per heavy atom. The van der Waals surface area contributed by atoms with E-state index in [1.165, 1.54) is 44.6 Å². The zero-order valence-electron chi connectivity index (χ0n) is 12.4. The number of hydrogen-bond acceptors (Lipinski definition) is 5. The molecule has 2 aromatic rings. The van der Waals surface area contributed by atoms with Gasteiger partial charge in [0, 0.05) is 5.02 Å². The summed E-state index contributed by atoms with van der Waals surface area (Å²) in [7, 11) is -1.45. The van der Waals surface area contributed by atoms with Crippen LogP contribution in [0.3, 0.4) is 0 Å². The summed E-state index contributed by atoms with van der Waals surface area (Å²) in [5.74, 6) is -0.447. The number of ether oxygens (including phenoxy) is 2. The summed E-state index contributed by atoms with van der Waals surface area (Å²) in [6.45, 7) is 0. The van der Waals surface area contributed by atoms with Gasteiger partial charge in [0.25, 0.3) is 10.0 Å². The van der Waals surface area contributed by atoms with Gasteiger partial charge >= 0.3 is 5.97 Å². The van der Waals surface area contributed by atoms with Crippen LogP contribution in [0.5, 0.6) is 5.75 Å². The molecule has 0 aliphatic heterocycles. The molecule has 122 valence electrons. The van der Waals surface area contributed by atoms with E-state index in [4.69, 9.17) is 16.3 Å². The minimum Gasteiger partial charge on any atom is -0.495 e. The van der Waals surface area contributed by atoms with E-state index in [0.29, 0.717) is 10.8 Å². The van der Waals surface area contributed by atoms with Gasteiger partial charge < -0.3 is 9.47 Å². The monoisotopic (exact) mass is 355 g/mol. The molecular formula is C15H14ClNO5S. The number of hydrogen-bond donors (Lipinski definition) is 1. The summed E-state index contributed by atoms with van der Waals surface area (Å²) >= 11 is 5.89. The molecule has 23 heavy (non-hydrogen) atoms. The highest BCUT2D eigenvalue weighted by molar-refractivity contribution is 7.92. The molecule has 0 aromatic heterocycles. The van der Waals surface area contributed by atoms with Crippen LogP contribution >= 0.6 is 11.6 Å². The lowest BCUT2D eigenvalue weighted by Crippen LogP contribution is -2.18. The van der Waals surface area contributed by atoms with E-state index in [9.17, 15) is 13.2 Å². The lowest BCUT2D eigenvalue weighted by Gasteiger charge is -2.14. The Bertz CT molecular complexity index is 836. The number of benzene rings is 2. The maximum atomic E-state index is 12.6. The van der Waals surface area contributed by atoms with Crippen molar-refractivity contribution in [2.24, 2.45) is 0 Å². The fourth-order valence-corrected chi connectivity index (χ4v) is 3.37. The van der Waals surface area contributed by atoms with Crippen molar-refractivity contribution < 1.29 is 22.7 Å². The van der Waals surface area contributed by atoms with Gasteiger partial charge in [0.15, 0.2) is 0 Å². The quantitative estimate of drug-likeness (QED) is 0.834. The second kappa shape index (κ2) is 6.89. The molecule has 0 saturated heterocycles. The lowest BCUT2D eigenvalue weighted by molar-refractivity contribution is 0.0596. The summed E-state index contributed by atoms with van der Waals surface area (Å²) in [4.78, 5) is 11.6. The molecule has 6 nitrogen and oxygen atoms in total. The van der Waals surface area contributed by atoms with Crippen molar-refractivity contribution >= 4 is 33.3 Å². The molecule has 0 spiro atoms. The highest BCUT2D eigenvalue weighted by atomic mass is 35.5. The standard InChI is InChI=1S/C15H14ClNO5S/c1-21-13-8-7-10(16)9-12(13)17-23(19,20)14-6-4-3-5-11(14)15(18)22-2/h3-9,17H,1-2H3. The first kappa shape index (κ1) is 17.1. The molecule has 0 unspecified atom stereocenters. The van der Waals surface area contributed by atoms with E-state index in [2.05, 4.69) is 9.46 Å². The molecule has 0 fully saturated rings. The Morgan fingerprint density at radius 1 is 1.13 bits per heavy atom. The fourth-order valence-electron chi connectivity index (χ4n) is 1.94. The van der Waals surface area contributed by atoms with Crippen LogP contribution in [0.15, 0.2) is 47.4 Å². The van der Waals surface area contributed by atoms with Gasteiger partial charge in [-0.3, -0.25) is 4.72 Å². The van der Waals surface area contributed by atoms with Gasteiger partial charge in [-0.15, -0.1) is 0 Å². The van der Waals surface area contributed by atoms with Crippen molar-refractivity contribution in [2.45, 2.75) is 4.90 Å². The summed E-state index contributed by atoms with van der Waals surface area (Å²) in [6, 6.07) is 10.3. The first-order valence-electron chi connectivity index (χ1n) is 6.42. The molecule has 2 aromatic carbocycles. The smallest absolute Gasteiger partial charge is 0.339 e. The number of methoxy groups -OCH3 is 2. The number of esters is 1. The van der Waals surface area contributed by atoms with E-state index in [1.54, 1.807) is 12.1 Å². The first-order chi connectivity index (χ1) is 10.9. The van der Waals surface area contributed by atoms with Crippen molar-refractivity contribution in [1.82, 2.24) is 0 Å². The molecule has 0 heterocycles. The van der Waals surface area contributed by atoms with Crippen molar-refractivity contribution in [3.05, 3.63) is 53.1 Å². The fraction of sp³-hybridized carbons (Fsp3) is 0.133.